The van der Waals surface area contributed by atoms with Gasteiger partial charge in [-0.3, -0.25) is 9.59 Å². The molecule has 0 saturated carbocycles. The number of hydrogen-bond acceptors (Lipinski definition) is 6. The minimum atomic E-state index is -0.788. The van der Waals surface area contributed by atoms with Crippen molar-refractivity contribution in [3.05, 3.63) is 76.0 Å². The molecule has 176 valence electrons. The predicted molar refractivity (Wildman–Crippen MR) is 136 cm³/mol. The van der Waals surface area contributed by atoms with Gasteiger partial charge in [-0.2, -0.15) is 0 Å². The molecule has 0 radical (unpaired) electrons. The normalized spacial score (nSPS) is 17.4. The van der Waals surface area contributed by atoms with Crippen molar-refractivity contribution in [3.8, 4) is 0 Å². The second kappa shape index (κ2) is 9.66. The molecule has 0 aliphatic heterocycles. The van der Waals surface area contributed by atoms with Crippen LogP contribution in [0.5, 0.6) is 0 Å². The standard InChI is InChI=1S/C27H30N4O2S/c1-6-34-20-9-7-19(8-10-20)15-23(32)31-22-13-16(2)24-21(30-22)11-12-27(5,25(24)33)26-28-17(3)14-18(4)29-26/h7-10,13-14H,6,11-12,15H2,1-5H3,(H,30,31,32). The highest BCUT2D eigenvalue weighted by Crippen LogP contribution is 2.38. The lowest BCUT2D eigenvalue weighted by Crippen LogP contribution is -2.40. The number of carbonyl (C=O) groups excluding carboxylic acids is 2. The fraction of sp³-hybridized carbons (Fsp3) is 0.370. The predicted octanol–water partition coefficient (Wildman–Crippen LogP) is 5.18. The van der Waals surface area contributed by atoms with Crippen molar-refractivity contribution in [3.63, 3.8) is 0 Å². The molecule has 0 fully saturated rings. The highest BCUT2D eigenvalue weighted by Gasteiger charge is 2.44. The van der Waals surface area contributed by atoms with E-state index in [1.807, 2.05) is 58.0 Å². The van der Waals surface area contributed by atoms with E-state index in [4.69, 9.17) is 0 Å². The molecular formula is C27H30N4O2S. The maximum absolute atomic E-state index is 13.6. The number of pyridine rings is 1. The highest BCUT2D eigenvalue weighted by atomic mass is 32.2. The molecule has 2 heterocycles. The zero-order valence-corrected chi connectivity index (χ0v) is 21.2. The average molecular weight is 475 g/mol. The van der Waals surface area contributed by atoms with E-state index in [0.29, 0.717) is 30.0 Å². The summed E-state index contributed by atoms with van der Waals surface area (Å²) in [4.78, 5) is 41.3. The summed E-state index contributed by atoms with van der Waals surface area (Å²) in [5.74, 6) is 1.94. The van der Waals surface area contributed by atoms with E-state index in [-0.39, 0.29) is 18.1 Å². The smallest absolute Gasteiger partial charge is 0.229 e. The fourth-order valence-electron chi connectivity index (χ4n) is 4.48. The van der Waals surface area contributed by atoms with Gasteiger partial charge in [0.2, 0.25) is 5.91 Å². The van der Waals surface area contributed by atoms with Gasteiger partial charge in [0.15, 0.2) is 5.78 Å². The zero-order chi connectivity index (χ0) is 24.5. The van der Waals surface area contributed by atoms with Gasteiger partial charge >= 0.3 is 0 Å². The Hall–Kier alpha value is -3.06. The Labute approximate surface area is 205 Å². The largest absolute Gasteiger partial charge is 0.310 e. The summed E-state index contributed by atoms with van der Waals surface area (Å²) in [6.07, 6.45) is 1.47. The minimum absolute atomic E-state index is 0.00772. The number of thioether (sulfide) groups is 1. The molecule has 0 spiro atoms. The van der Waals surface area contributed by atoms with Crippen LogP contribution in [0.4, 0.5) is 5.82 Å². The highest BCUT2D eigenvalue weighted by molar-refractivity contribution is 7.99. The van der Waals surface area contributed by atoms with Gasteiger partial charge in [0.25, 0.3) is 0 Å². The van der Waals surface area contributed by atoms with Gasteiger partial charge in [-0.15, -0.1) is 11.8 Å². The third kappa shape index (κ3) is 4.89. The van der Waals surface area contributed by atoms with Crippen LogP contribution in [0.3, 0.4) is 0 Å². The Bertz CT molecular complexity index is 1240. The minimum Gasteiger partial charge on any atom is -0.310 e. The van der Waals surface area contributed by atoms with E-state index in [9.17, 15) is 9.59 Å². The first-order valence-corrected chi connectivity index (χ1v) is 12.6. The Morgan fingerprint density at radius 3 is 2.38 bits per heavy atom. The summed E-state index contributed by atoms with van der Waals surface area (Å²) in [7, 11) is 0. The van der Waals surface area contributed by atoms with Crippen molar-refractivity contribution in [2.24, 2.45) is 0 Å². The first-order chi connectivity index (χ1) is 16.2. The molecule has 2 aromatic heterocycles. The SMILES string of the molecule is CCSc1ccc(CC(=O)Nc2cc(C)c3c(n2)CCC(C)(c2nc(C)cc(C)n2)C3=O)cc1. The number of aryl methyl sites for hydroxylation is 4. The number of anilines is 1. The third-order valence-electron chi connectivity index (χ3n) is 6.22. The summed E-state index contributed by atoms with van der Waals surface area (Å²) in [5.41, 5.74) is 4.03. The second-order valence-electron chi connectivity index (χ2n) is 9.08. The van der Waals surface area contributed by atoms with Crippen LogP contribution in [0.15, 0.2) is 41.3 Å². The second-order valence-corrected chi connectivity index (χ2v) is 10.4. The number of ketones is 1. The molecule has 34 heavy (non-hydrogen) atoms. The molecule has 1 aliphatic carbocycles. The van der Waals surface area contributed by atoms with Crippen LogP contribution >= 0.6 is 11.8 Å². The lowest BCUT2D eigenvalue weighted by molar-refractivity contribution is -0.115. The number of benzene rings is 1. The molecule has 1 atom stereocenters. The van der Waals surface area contributed by atoms with Crippen molar-refractivity contribution in [2.75, 3.05) is 11.1 Å². The van der Waals surface area contributed by atoms with E-state index in [2.05, 4.69) is 27.2 Å². The molecule has 4 rings (SSSR count). The van der Waals surface area contributed by atoms with Crippen molar-refractivity contribution in [1.29, 1.82) is 0 Å². The van der Waals surface area contributed by atoms with Crippen molar-refractivity contribution in [1.82, 2.24) is 15.0 Å². The van der Waals surface area contributed by atoms with Crippen molar-refractivity contribution >= 4 is 29.3 Å². The number of Topliss-reactive ketones (excluding diaryl/α,β-unsaturated/α-hetero) is 1. The number of hydrogen-bond donors (Lipinski definition) is 1. The van der Waals surface area contributed by atoms with Crippen molar-refractivity contribution < 1.29 is 9.59 Å². The van der Waals surface area contributed by atoms with Crippen LogP contribution in [0.1, 0.15) is 64.7 Å². The van der Waals surface area contributed by atoms with Crippen LogP contribution < -0.4 is 5.32 Å². The number of nitrogens with one attached hydrogen (secondary N) is 1. The van der Waals surface area contributed by atoms with Crippen LogP contribution in [0, 0.1) is 20.8 Å². The maximum atomic E-state index is 13.6. The van der Waals surface area contributed by atoms with Gasteiger partial charge in [0.05, 0.1) is 17.5 Å². The first kappa shape index (κ1) is 24.1. The first-order valence-electron chi connectivity index (χ1n) is 11.6. The van der Waals surface area contributed by atoms with E-state index >= 15 is 0 Å². The molecule has 1 unspecified atom stereocenters. The van der Waals surface area contributed by atoms with Crippen molar-refractivity contribution in [2.45, 2.75) is 64.2 Å². The fourth-order valence-corrected chi connectivity index (χ4v) is 5.14. The van der Waals surface area contributed by atoms with Gasteiger partial charge < -0.3 is 5.32 Å². The van der Waals surface area contributed by atoms with Gasteiger partial charge in [-0.1, -0.05) is 19.1 Å². The molecule has 3 aromatic rings. The summed E-state index contributed by atoms with van der Waals surface area (Å²) in [6, 6.07) is 11.7. The van der Waals surface area contributed by atoms with Gasteiger partial charge in [-0.05, 0) is 81.7 Å². The van der Waals surface area contributed by atoms with Gasteiger partial charge in [-0.25, -0.2) is 15.0 Å². The van der Waals surface area contributed by atoms with Crippen LogP contribution in [0.2, 0.25) is 0 Å². The maximum Gasteiger partial charge on any atom is 0.229 e. The van der Waals surface area contributed by atoms with Gasteiger partial charge in [0, 0.05) is 21.8 Å². The number of fused-ring (bicyclic) bond motifs is 1. The number of nitrogens with zero attached hydrogens (tertiary/aromatic N) is 3. The Morgan fingerprint density at radius 2 is 1.74 bits per heavy atom. The molecule has 0 bridgehead atoms. The van der Waals surface area contributed by atoms with E-state index in [1.165, 1.54) is 4.90 Å². The lowest BCUT2D eigenvalue weighted by Gasteiger charge is -2.32. The molecule has 0 saturated heterocycles. The van der Waals surface area contributed by atoms with E-state index < -0.39 is 5.41 Å². The number of rotatable bonds is 6. The molecule has 1 aliphatic rings. The monoisotopic (exact) mass is 474 g/mol. The summed E-state index contributed by atoms with van der Waals surface area (Å²) in [6.45, 7) is 9.77. The molecule has 7 heteroatoms. The van der Waals surface area contributed by atoms with Crippen LogP contribution in [-0.4, -0.2) is 32.4 Å². The summed E-state index contributed by atoms with van der Waals surface area (Å²) in [5, 5.41) is 2.91. The lowest BCUT2D eigenvalue weighted by atomic mass is 9.71. The van der Waals surface area contributed by atoms with Crippen LogP contribution in [-0.2, 0) is 23.1 Å². The molecular weight excluding hydrogens is 444 g/mol. The molecule has 1 amide bonds. The summed E-state index contributed by atoms with van der Waals surface area (Å²) >= 11 is 1.77. The number of carbonyl (C=O) groups is 2. The Morgan fingerprint density at radius 1 is 1.06 bits per heavy atom. The summed E-state index contributed by atoms with van der Waals surface area (Å²) < 4.78 is 0. The number of aromatic nitrogens is 3. The molecule has 6 nitrogen and oxygen atoms in total. The van der Waals surface area contributed by atoms with Crippen LogP contribution in [0.25, 0.3) is 0 Å². The number of amides is 1. The average Bonchev–Trinajstić information content (AvgIpc) is 2.77. The topological polar surface area (TPSA) is 84.8 Å². The zero-order valence-electron chi connectivity index (χ0n) is 20.4. The third-order valence-corrected chi connectivity index (χ3v) is 7.12. The Kier molecular flexibility index (Phi) is 6.84. The van der Waals surface area contributed by atoms with E-state index in [0.717, 1.165) is 34.0 Å². The molecule has 1 aromatic carbocycles. The van der Waals surface area contributed by atoms with Gasteiger partial charge in [0.1, 0.15) is 11.6 Å². The Balaban J connectivity index is 1.53. The quantitative estimate of drug-likeness (QED) is 0.496. The molecule has 1 N–H and O–H groups in total. The van der Waals surface area contributed by atoms with E-state index in [1.54, 1.807) is 17.8 Å².